The average Bonchev–Trinajstić information content (AvgIpc) is 2.70. The minimum absolute atomic E-state index is 0.140. The number of aliphatic carboxylic acids is 2. The Hall–Kier alpha value is -3.47. The molecule has 1 aromatic rings. The van der Waals surface area contributed by atoms with E-state index in [0.29, 0.717) is 0 Å². The van der Waals surface area contributed by atoms with Crippen LogP contribution >= 0.6 is 0 Å². The van der Waals surface area contributed by atoms with Gasteiger partial charge in [0.2, 0.25) is 17.7 Å². The molecular formula is C20H28N4O7. The van der Waals surface area contributed by atoms with Crippen molar-refractivity contribution in [2.75, 3.05) is 6.54 Å². The molecule has 3 unspecified atom stereocenters. The maximum atomic E-state index is 12.6. The van der Waals surface area contributed by atoms with Crippen molar-refractivity contribution in [3.63, 3.8) is 0 Å². The number of carboxylic acid groups (broad SMARTS) is 2. The third-order valence-corrected chi connectivity index (χ3v) is 4.37. The summed E-state index contributed by atoms with van der Waals surface area (Å²) in [7, 11) is 0. The van der Waals surface area contributed by atoms with Gasteiger partial charge in [0.15, 0.2) is 0 Å². The molecule has 7 N–H and O–H groups in total. The lowest BCUT2D eigenvalue weighted by molar-refractivity contribution is -0.147. The van der Waals surface area contributed by atoms with Crippen molar-refractivity contribution in [2.45, 2.75) is 44.8 Å². The van der Waals surface area contributed by atoms with Crippen molar-refractivity contribution in [3.8, 4) is 0 Å². The second-order valence-corrected chi connectivity index (χ2v) is 7.29. The predicted octanol–water partition coefficient (Wildman–Crippen LogP) is -1.14. The van der Waals surface area contributed by atoms with Crippen LogP contribution in [0.1, 0.15) is 25.8 Å². The van der Waals surface area contributed by atoms with Crippen molar-refractivity contribution in [1.29, 1.82) is 0 Å². The van der Waals surface area contributed by atoms with E-state index in [0.717, 1.165) is 5.56 Å². The Morgan fingerprint density at radius 2 is 1.55 bits per heavy atom. The highest BCUT2D eigenvalue weighted by atomic mass is 16.4. The normalized spacial score (nSPS) is 13.5. The maximum absolute atomic E-state index is 12.6. The first-order valence-electron chi connectivity index (χ1n) is 9.62. The fraction of sp³-hybridized carbons (Fsp3) is 0.450. The summed E-state index contributed by atoms with van der Waals surface area (Å²) in [5.41, 5.74) is 6.60. The van der Waals surface area contributed by atoms with Gasteiger partial charge in [-0.3, -0.25) is 19.2 Å². The van der Waals surface area contributed by atoms with Crippen molar-refractivity contribution >= 4 is 29.7 Å². The number of nitrogens with one attached hydrogen (secondary N) is 3. The summed E-state index contributed by atoms with van der Waals surface area (Å²) in [4.78, 5) is 58.6. The maximum Gasteiger partial charge on any atom is 0.326 e. The number of carbonyl (C=O) groups is 5. The largest absolute Gasteiger partial charge is 0.481 e. The molecule has 0 aliphatic carbocycles. The summed E-state index contributed by atoms with van der Waals surface area (Å²) in [6.45, 7) is 2.92. The Kier molecular flexibility index (Phi) is 10.1. The standard InChI is InChI=1S/C20H28N4O7/c1-11(2)17(21)19(29)24-13(8-12-6-4-3-5-7-12)18(28)22-10-15(25)23-14(20(30)31)9-16(26)27/h3-7,11,13-14,17H,8-10,21H2,1-2H3,(H,22,28)(H,23,25)(H,24,29)(H,26,27)(H,30,31). The molecule has 3 atom stereocenters. The highest BCUT2D eigenvalue weighted by molar-refractivity contribution is 5.93. The van der Waals surface area contributed by atoms with E-state index in [-0.39, 0.29) is 12.3 Å². The Bertz CT molecular complexity index is 798. The van der Waals surface area contributed by atoms with E-state index >= 15 is 0 Å². The van der Waals surface area contributed by atoms with Gasteiger partial charge < -0.3 is 31.9 Å². The van der Waals surface area contributed by atoms with E-state index < -0.39 is 60.8 Å². The zero-order valence-corrected chi connectivity index (χ0v) is 17.3. The van der Waals surface area contributed by atoms with Crippen molar-refractivity contribution in [3.05, 3.63) is 35.9 Å². The molecular weight excluding hydrogens is 408 g/mol. The smallest absolute Gasteiger partial charge is 0.326 e. The zero-order chi connectivity index (χ0) is 23.6. The first-order chi connectivity index (χ1) is 14.5. The van der Waals surface area contributed by atoms with Crippen LogP contribution in [-0.4, -0.2) is 64.5 Å². The number of benzene rings is 1. The Morgan fingerprint density at radius 3 is 2.06 bits per heavy atom. The molecule has 11 heteroatoms. The van der Waals surface area contributed by atoms with Gasteiger partial charge in [0.25, 0.3) is 0 Å². The van der Waals surface area contributed by atoms with E-state index in [4.69, 9.17) is 15.9 Å². The van der Waals surface area contributed by atoms with Gasteiger partial charge in [-0.2, -0.15) is 0 Å². The summed E-state index contributed by atoms with van der Waals surface area (Å²) in [5.74, 6) is -5.15. The molecule has 0 aliphatic rings. The molecule has 0 heterocycles. The van der Waals surface area contributed by atoms with E-state index in [9.17, 15) is 24.0 Å². The summed E-state index contributed by atoms with van der Waals surface area (Å²) >= 11 is 0. The first kappa shape index (κ1) is 25.6. The highest BCUT2D eigenvalue weighted by Gasteiger charge is 2.27. The van der Waals surface area contributed by atoms with E-state index in [1.165, 1.54) is 0 Å². The van der Waals surface area contributed by atoms with Crippen LogP contribution in [0.2, 0.25) is 0 Å². The second-order valence-electron chi connectivity index (χ2n) is 7.29. The van der Waals surface area contributed by atoms with Gasteiger partial charge in [0.1, 0.15) is 12.1 Å². The Morgan fingerprint density at radius 1 is 0.935 bits per heavy atom. The van der Waals surface area contributed by atoms with Crippen molar-refractivity contribution < 1.29 is 34.2 Å². The summed E-state index contributed by atoms with van der Waals surface area (Å²) in [5, 5.41) is 24.6. The fourth-order valence-electron chi connectivity index (χ4n) is 2.54. The SMILES string of the molecule is CC(C)C(N)C(=O)NC(Cc1ccccc1)C(=O)NCC(=O)NC(CC(=O)O)C(=O)O. The first-order valence-corrected chi connectivity index (χ1v) is 9.62. The molecule has 0 radical (unpaired) electrons. The number of rotatable bonds is 12. The third-order valence-electron chi connectivity index (χ3n) is 4.37. The van der Waals surface area contributed by atoms with Crippen LogP contribution in [-0.2, 0) is 30.4 Å². The zero-order valence-electron chi connectivity index (χ0n) is 17.3. The molecule has 0 saturated carbocycles. The van der Waals surface area contributed by atoms with Crippen LogP contribution in [0.3, 0.4) is 0 Å². The van der Waals surface area contributed by atoms with Crippen LogP contribution in [0.5, 0.6) is 0 Å². The van der Waals surface area contributed by atoms with Gasteiger partial charge in [0, 0.05) is 6.42 Å². The average molecular weight is 436 g/mol. The summed E-state index contributed by atoms with van der Waals surface area (Å²) < 4.78 is 0. The summed E-state index contributed by atoms with van der Waals surface area (Å²) in [6, 6.07) is 5.39. The van der Waals surface area contributed by atoms with Crippen LogP contribution < -0.4 is 21.7 Å². The molecule has 1 rings (SSSR count). The Labute approximate surface area is 179 Å². The number of amides is 3. The third kappa shape index (κ3) is 9.26. The van der Waals surface area contributed by atoms with E-state index in [1.807, 2.05) is 5.32 Å². The molecule has 0 bridgehead atoms. The highest BCUT2D eigenvalue weighted by Crippen LogP contribution is 2.05. The Balaban J connectivity index is 2.79. The van der Waals surface area contributed by atoms with Gasteiger partial charge in [-0.25, -0.2) is 4.79 Å². The van der Waals surface area contributed by atoms with Crippen molar-refractivity contribution in [2.24, 2.45) is 11.7 Å². The second kappa shape index (κ2) is 12.3. The molecule has 0 fully saturated rings. The minimum atomic E-state index is -1.63. The lowest BCUT2D eigenvalue weighted by Gasteiger charge is -2.22. The molecule has 0 saturated heterocycles. The van der Waals surface area contributed by atoms with Gasteiger partial charge in [-0.1, -0.05) is 44.2 Å². The van der Waals surface area contributed by atoms with Gasteiger partial charge >= 0.3 is 11.9 Å². The predicted molar refractivity (Wildman–Crippen MR) is 110 cm³/mol. The number of hydrogen-bond donors (Lipinski definition) is 6. The number of carbonyl (C=O) groups excluding carboxylic acids is 3. The molecule has 0 aliphatic heterocycles. The molecule has 0 spiro atoms. The van der Waals surface area contributed by atoms with Crippen LogP contribution in [0, 0.1) is 5.92 Å². The number of carboxylic acids is 2. The fourth-order valence-corrected chi connectivity index (χ4v) is 2.54. The van der Waals surface area contributed by atoms with Crippen LogP contribution in [0.25, 0.3) is 0 Å². The molecule has 170 valence electrons. The van der Waals surface area contributed by atoms with E-state index in [1.54, 1.807) is 44.2 Å². The lowest BCUT2D eigenvalue weighted by Crippen LogP contribution is -2.55. The number of hydrogen-bond acceptors (Lipinski definition) is 6. The quantitative estimate of drug-likeness (QED) is 0.237. The van der Waals surface area contributed by atoms with Gasteiger partial charge in [-0.15, -0.1) is 0 Å². The molecule has 1 aromatic carbocycles. The monoisotopic (exact) mass is 436 g/mol. The lowest BCUT2D eigenvalue weighted by atomic mass is 10.0. The molecule has 3 amide bonds. The van der Waals surface area contributed by atoms with Gasteiger partial charge in [0.05, 0.1) is 19.0 Å². The molecule has 31 heavy (non-hydrogen) atoms. The molecule has 11 nitrogen and oxygen atoms in total. The van der Waals surface area contributed by atoms with Gasteiger partial charge in [-0.05, 0) is 11.5 Å². The minimum Gasteiger partial charge on any atom is -0.481 e. The number of nitrogens with two attached hydrogens (primary N) is 1. The van der Waals surface area contributed by atoms with E-state index in [2.05, 4.69) is 10.6 Å². The van der Waals surface area contributed by atoms with Crippen molar-refractivity contribution in [1.82, 2.24) is 16.0 Å². The summed E-state index contributed by atoms with van der Waals surface area (Å²) in [6.07, 6.45) is -0.670. The topological polar surface area (TPSA) is 188 Å². The van der Waals surface area contributed by atoms with Crippen LogP contribution in [0.4, 0.5) is 0 Å². The molecule has 0 aromatic heterocycles. The van der Waals surface area contributed by atoms with Crippen LogP contribution in [0.15, 0.2) is 30.3 Å².